The van der Waals surface area contributed by atoms with E-state index in [0.717, 1.165) is 17.3 Å². The van der Waals surface area contributed by atoms with Crippen molar-refractivity contribution in [3.8, 4) is 11.3 Å². The maximum Gasteiger partial charge on any atom is 0.261 e. The molecule has 0 amide bonds. The minimum absolute atomic E-state index is 0.0727. The van der Waals surface area contributed by atoms with Gasteiger partial charge < -0.3 is 9.64 Å². The molecule has 2 atom stereocenters. The summed E-state index contributed by atoms with van der Waals surface area (Å²) >= 11 is 0. The van der Waals surface area contributed by atoms with E-state index in [4.69, 9.17) is 9.72 Å². The van der Waals surface area contributed by atoms with Crippen LogP contribution in [0.2, 0.25) is 0 Å². The predicted octanol–water partition coefficient (Wildman–Crippen LogP) is 4.32. The second kappa shape index (κ2) is 8.81. The molecule has 1 aliphatic rings. The van der Waals surface area contributed by atoms with Gasteiger partial charge in [0, 0.05) is 47.9 Å². The molecular formula is C26H25F2N5O2. The normalized spacial score (nSPS) is 18.3. The van der Waals surface area contributed by atoms with Crippen LogP contribution in [0.15, 0.2) is 47.5 Å². The Morgan fingerprint density at radius 3 is 2.60 bits per heavy atom. The summed E-state index contributed by atoms with van der Waals surface area (Å²) in [4.78, 5) is 28.8. The highest BCUT2D eigenvalue weighted by Crippen LogP contribution is 2.31. The number of nitrogens with zero attached hydrogens (tertiary/aromatic N) is 5. The summed E-state index contributed by atoms with van der Waals surface area (Å²) in [6.07, 6.45) is 3.02. The van der Waals surface area contributed by atoms with E-state index in [2.05, 4.69) is 9.97 Å². The van der Waals surface area contributed by atoms with Crippen molar-refractivity contribution < 1.29 is 13.5 Å². The van der Waals surface area contributed by atoms with Gasteiger partial charge in [-0.2, -0.15) is 0 Å². The molecule has 0 radical (unpaired) electrons. The Labute approximate surface area is 201 Å². The molecule has 9 heteroatoms. The molecule has 180 valence electrons. The number of morpholine rings is 1. The predicted molar refractivity (Wildman–Crippen MR) is 129 cm³/mol. The Morgan fingerprint density at radius 1 is 1.06 bits per heavy atom. The molecule has 1 aromatic carbocycles. The highest BCUT2D eigenvalue weighted by Gasteiger charge is 2.29. The highest BCUT2D eigenvalue weighted by molar-refractivity contribution is 5.76. The molecule has 4 aromatic rings. The summed E-state index contributed by atoms with van der Waals surface area (Å²) in [6.45, 7) is 8.32. The van der Waals surface area contributed by atoms with Crippen LogP contribution in [0.1, 0.15) is 35.5 Å². The van der Waals surface area contributed by atoms with Crippen LogP contribution in [-0.4, -0.2) is 38.5 Å². The fourth-order valence-electron chi connectivity index (χ4n) is 4.43. The highest BCUT2D eigenvalue weighted by atomic mass is 19.1. The second-order valence-corrected chi connectivity index (χ2v) is 8.96. The molecule has 7 nitrogen and oxygen atoms in total. The standard InChI is InChI=1S/C26H25F2N5O2/c1-14-9-18(7-8-29-14)22-12-32(11-15(2)35-22)23-13-33-25(30-17(4)16(3)26(33)34)24(31-23)20-6-5-19(27)10-21(20)28/h5-10,13,15,22H,11-12H2,1-4H3. The molecule has 3 aromatic heterocycles. The minimum atomic E-state index is -0.774. The number of benzene rings is 1. The van der Waals surface area contributed by atoms with E-state index in [0.29, 0.717) is 30.2 Å². The number of ether oxygens (including phenoxy) is 1. The first-order chi connectivity index (χ1) is 16.7. The third kappa shape index (κ3) is 4.27. The Bertz CT molecular complexity index is 1500. The van der Waals surface area contributed by atoms with Crippen molar-refractivity contribution >= 4 is 11.5 Å². The summed E-state index contributed by atoms with van der Waals surface area (Å²) in [7, 11) is 0. The van der Waals surface area contributed by atoms with Gasteiger partial charge in [-0.3, -0.25) is 14.2 Å². The van der Waals surface area contributed by atoms with Gasteiger partial charge in [-0.1, -0.05) is 0 Å². The monoisotopic (exact) mass is 477 g/mol. The van der Waals surface area contributed by atoms with E-state index in [1.54, 1.807) is 26.2 Å². The van der Waals surface area contributed by atoms with Crippen molar-refractivity contribution in [1.82, 2.24) is 19.4 Å². The third-order valence-corrected chi connectivity index (χ3v) is 6.33. The van der Waals surface area contributed by atoms with E-state index in [9.17, 15) is 13.6 Å². The quantitative estimate of drug-likeness (QED) is 0.438. The molecule has 5 rings (SSSR count). The van der Waals surface area contributed by atoms with Gasteiger partial charge in [0.15, 0.2) is 5.65 Å². The maximum absolute atomic E-state index is 14.9. The fraction of sp³-hybridized carbons (Fsp3) is 0.308. The lowest BCUT2D eigenvalue weighted by Crippen LogP contribution is -2.43. The van der Waals surface area contributed by atoms with Crippen LogP contribution in [0.4, 0.5) is 14.6 Å². The summed E-state index contributed by atoms with van der Waals surface area (Å²) in [5, 5.41) is 0. The lowest BCUT2D eigenvalue weighted by atomic mass is 10.1. The zero-order valence-corrected chi connectivity index (χ0v) is 19.9. The van der Waals surface area contributed by atoms with Gasteiger partial charge in [0.05, 0.1) is 12.3 Å². The Hall–Kier alpha value is -3.72. The van der Waals surface area contributed by atoms with Crippen LogP contribution in [0.25, 0.3) is 16.9 Å². The van der Waals surface area contributed by atoms with Crippen LogP contribution in [-0.2, 0) is 4.74 Å². The molecule has 35 heavy (non-hydrogen) atoms. The van der Waals surface area contributed by atoms with Gasteiger partial charge in [0.1, 0.15) is 29.3 Å². The molecule has 0 aliphatic carbocycles. The number of fused-ring (bicyclic) bond motifs is 1. The van der Waals surface area contributed by atoms with E-state index in [1.165, 1.54) is 16.5 Å². The molecule has 0 N–H and O–H groups in total. The van der Waals surface area contributed by atoms with Gasteiger partial charge in [-0.25, -0.2) is 18.7 Å². The number of pyridine rings is 1. The number of aryl methyl sites for hydroxylation is 2. The molecule has 0 spiro atoms. The average molecular weight is 478 g/mol. The van der Waals surface area contributed by atoms with Crippen LogP contribution >= 0.6 is 0 Å². The number of rotatable bonds is 3. The molecule has 0 saturated carbocycles. The SMILES string of the molecule is Cc1cc(C2CN(c3cn4c(=O)c(C)c(C)nc4c(-c4ccc(F)cc4F)n3)CC(C)O2)ccn1. The van der Waals surface area contributed by atoms with Crippen LogP contribution < -0.4 is 10.5 Å². The fourth-order valence-corrected chi connectivity index (χ4v) is 4.43. The smallest absolute Gasteiger partial charge is 0.261 e. The maximum atomic E-state index is 14.9. The van der Waals surface area contributed by atoms with Crippen molar-refractivity contribution in [2.45, 2.75) is 39.9 Å². The summed E-state index contributed by atoms with van der Waals surface area (Å²) < 4.78 is 36.1. The van der Waals surface area contributed by atoms with Crippen molar-refractivity contribution in [2.75, 3.05) is 18.0 Å². The lowest BCUT2D eigenvalue weighted by molar-refractivity contribution is -0.0177. The summed E-state index contributed by atoms with van der Waals surface area (Å²) in [5.74, 6) is -0.986. The van der Waals surface area contributed by atoms with Crippen LogP contribution in [0.3, 0.4) is 0 Å². The zero-order chi connectivity index (χ0) is 24.9. The average Bonchev–Trinajstić information content (AvgIpc) is 2.82. The molecular weight excluding hydrogens is 452 g/mol. The zero-order valence-electron chi connectivity index (χ0n) is 19.9. The lowest BCUT2D eigenvalue weighted by Gasteiger charge is -2.38. The third-order valence-electron chi connectivity index (χ3n) is 6.33. The van der Waals surface area contributed by atoms with Crippen molar-refractivity contribution in [3.05, 3.63) is 87.2 Å². The van der Waals surface area contributed by atoms with E-state index in [-0.39, 0.29) is 34.7 Å². The molecule has 2 unspecified atom stereocenters. The number of halogens is 2. The largest absolute Gasteiger partial charge is 0.367 e. The first kappa shape index (κ1) is 23.0. The Balaban J connectivity index is 1.68. The van der Waals surface area contributed by atoms with Crippen LogP contribution in [0, 0.1) is 32.4 Å². The van der Waals surface area contributed by atoms with Gasteiger partial charge in [-0.05, 0) is 57.5 Å². The Kier molecular flexibility index (Phi) is 5.80. The first-order valence-electron chi connectivity index (χ1n) is 11.4. The Morgan fingerprint density at radius 2 is 1.86 bits per heavy atom. The van der Waals surface area contributed by atoms with E-state index < -0.39 is 11.6 Å². The number of hydrogen-bond donors (Lipinski definition) is 0. The number of hydrogen-bond acceptors (Lipinski definition) is 6. The minimum Gasteiger partial charge on any atom is -0.367 e. The van der Waals surface area contributed by atoms with Gasteiger partial charge in [0.2, 0.25) is 0 Å². The molecule has 0 bridgehead atoms. The first-order valence-corrected chi connectivity index (χ1v) is 11.4. The molecule has 1 saturated heterocycles. The van der Waals surface area contributed by atoms with E-state index in [1.807, 2.05) is 30.9 Å². The number of anilines is 1. The number of aromatic nitrogens is 4. The van der Waals surface area contributed by atoms with Gasteiger partial charge >= 0.3 is 0 Å². The second-order valence-electron chi connectivity index (χ2n) is 8.96. The molecule has 1 aliphatic heterocycles. The summed E-state index contributed by atoms with van der Waals surface area (Å²) in [5.41, 5.74) is 3.10. The summed E-state index contributed by atoms with van der Waals surface area (Å²) in [6, 6.07) is 7.19. The molecule has 4 heterocycles. The van der Waals surface area contributed by atoms with Gasteiger partial charge in [0.25, 0.3) is 5.56 Å². The van der Waals surface area contributed by atoms with Crippen molar-refractivity contribution in [1.29, 1.82) is 0 Å². The van der Waals surface area contributed by atoms with Gasteiger partial charge in [-0.15, -0.1) is 0 Å². The van der Waals surface area contributed by atoms with E-state index >= 15 is 0 Å². The van der Waals surface area contributed by atoms with Crippen LogP contribution in [0.5, 0.6) is 0 Å². The van der Waals surface area contributed by atoms with Crippen molar-refractivity contribution in [2.24, 2.45) is 0 Å². The molecule has 1 fully saturated rings. The topological polar surface area (TPSA) is 72.6 Å². The van der Waals surface area contributed by atoms with Crippen molar-refractivity contribution in [3.63, 3.8) is 0 Å².